The Hall–Kier alpha value is -0.960. The first-order valence-electron chi connectivity index (χ1n) is 7.34. The summed E-state index contributed by atoms with van der Waals surface area (Å²) in [6.07, 6.45) is 1.14. The molecule has 3 heteroatoms. The van der Waals surface area contributed by atoms with Gasteiger partial charge in [0.25, 0.3) is 0 Å². The van der Waals surface area contributed by atoms with Gasteiger partial charge in [-0.05, 0) is 67.8 Å². The SMILES string of the molecule is CCCNCc1cc(Cl)ccc1Sc1cc(C)ccc1C. The third-order valence-corrected chi connectivity index (χ3v) is 4.84. The predicted molar refractivity (Wildman–Crippen MR) is 93.5 cm³/mol. The third-order valence-electron chi connectivity index (χ3n) is 3.33. The van der Waals surface area contributed by atoms with E-state index in [-0.39, 0.29) is 0 Å². The van der Waals surface area contributed by atoms with Gasteiger partial charge in [0.15, 0.2) is 0 Å². The summed E-state index contributed by atoms with van der Waals surface area (Å²) in [5.74, 6) is 0. The van der Waals surface area contributed by atoms with Crippen LogP contribution in [0.1, 0.15) is 30.0 Å². The van der Waals surface area contributed by atoms with Crippen LogP contribution in [0.25, 0.3) is 0 Å². The molecule has 0 saturated carbocycles. The van der Waals surface area contributed by atoms with Crippen molar-refractivity contribution in [2.24, 2.45) is 0 Å². The highest BCUT2D eigenvalue weighted by molar-refractivity contribution is 7.99. The fourth-order valence-corrected chi connectivity index (χ4v) is 3.43. The maximum absolute atomic E-state index is 6.15. The van der Waals surface area contributed by atoms with Gasteiger partial charge in [0, 0.05) is 21.4 Å². The van der Waals surface area contributed by atoms with Crippen molar-refractivity contribution >= 4 is 23.4 Å². The first-order valence-corrected chi connectivity index (χ1v) is 8.54. The van der Waals surface area contributed by atoms with E-state index in [0.717, 1.165) is 24.5 Å². The standard InChI is InChI=1S/C18H22ClNS/c1-4-9-20-12-15-11-16(19)7-8-17(15)21-18-10-13(2)5-6-14(18)3/h5-8,10-11,20H,4,9,12H2,1-3H3. The van der Waals surface area contributed by atoms with Gasteiger partial charge in [-0.1, -0.05) is 42.4 Å². The molecule has 0 aromatic heterocycles. The number of benzene rings is 2. The average molecular weight is 320 g/mol. The molecule has 0 radical (unpaired) electrons. The second kappa shape index (κ2) is 7.88. The van der Waals surface area contributed by atoms with Gasteiger partial charge in [0.05, 0.1) is 0 Å². The molecule has 1 nitrogen and oxygen atoms in total. The van der Waals surface area contributed by atoms with Gasteiger partial charge in [-0.3, -0.25) is 0 Å². The van der Waals surface area contributed by atoms with Gasteiger partial charge in [-0.2, -0.15) is 0 Å². The topological polar surface area (TPSA) is 12.0 Å². The van der Waals surface area contributed by atoms with E-state index < -0.39 is 0 Å². The summed E-state index contributed by atoms with van der Waals surface area (Å²) in [6, 6.07) is 12.7. The molecule has 0 fully saturated rings. The van der Waals surface area contributed by atoms with Crippen molar-refractivity contribution < 1.29 is 0 Å². The van der Waals surface area contributed by atoms with Crippen molar-refractivity contribution in [3.63, 3.8) is 0 Å². The Labute approximate surface area is 137 Å². The number of hydrogen-bond donors (Lipinski definition) is 1. The fourth-order valence-electron chi connectivity index (χ4n) is 2.12. The lowest BCUT2D eigenvalue weighted by molar-refractivity contribution is 0.669. The first-order chi connectivity index (χ1) is 10.1. The summed E-state index contributed by atoms with van der Waals surface area (Å²) < 4.78 is 0. The molecule has 0 spiro atoms. The molecule has 2 rings (SSSR count). The van der Waals surface area contributed by atoms with Gasteiger partial charge in [0.1, 0.15) is 0 Å². The summed E-state index contributed by atoms with van der Waals surface area (Å²) in [6.45, 7) is 8.36. The Morgan fingerprint density at radius 2 is 1.86 bits per heavy atom. The highest BCUT2D eigenvalue weighted by Gasteiger charge is 2.07. The second-order valence-electron chi connectivity index (χ2n) is 5.30. The lowest BCUT2D eigenvalue weighted by Gasteiger charge is -2.12. The molecule has 0 aliphatic rings. The van der Waals surface area contributed by atoms with Crippen LogP contribution in [0.3, 0.4) is 0 Å². The molecular weight excluding hydrogens is 298 g/mol. The van der Waals surface area contributed by atoms with Crippen LogP contribution >= 0.6 is 23.4 Å². The quantitative estimate of drug-likeness (QED) is 0.695. The summed E-state index contributed by atoms with van der Waals surface area (Å²) in [4.78, 5) is 2.59. The van der Waals surface area contributed by atoms with Gasteiger partial charge in [0.2, 0.25) is 0 Å². The molecule has 0 bridgehead atoms. The van der Waals surface area contributed by atoms with E-state index in [1.807, 2.05) is 17.8 Å². The van der Waals surface area contributed by atoms with Crippen LogP contribution in [0, 0.1) is 13.8 Å². The number of halogens is 1. The Morgan fingerprint density at radius 3 is 2.62 bits per heavy atom. The average Bonchev–Trinajstić information content (AvgIpc) is 2.46. The Kier molecular flexibility index (Phi) is 6.16. The number of aryl methyl sites for hydroxylation is 2. The van der Waals surface area contributed by atoms with Crippen LogP contribution in [-0.2, 0) is 6.54 Å². The lowest BCUT2D eigenvalue weighted by atomic mass is 10.2. The monoisotopic (exact) mass is 319 g/mol. The number of rotatable bonds is 6. The maximum Gasteiger partial charge on any atom is 0.0410 e. The van der Waals surface area contributed by atoms with Gasteiger partial charge >= 0.3 is 0 Å². The zero-order valence-electron chi connectivity index (χ0n) is 12.9. The molecule has 21 heavy (non-hydrogen) atoms. The molecule has 0 amide bonds. The second-order valence-corrected chi connectivity index (χ2v) is 6.82. The van der Waals surface area contributed by atoms with Crippen molar-refractivity contribution in [3.05, 3.63) is 58.1 Å². The van der Waals surface area contributed by atoms with E-state index in [1.165, 1.54) is 26.5 Å². The minimum absolute atomic E-state index is 0.800. The molecule has 0 unspecified atom stereocenters. The minimum Gasteiger partial charge on any atom is -0.313 e. The van der Waals surface area contributed by atoms with Gasteiger partial charge in [-0.25, -0.2) is 0 Å². The highest BCUT2D eigenvalue weighted by atomic mass is 35.5. The van der Waals surface area contributed by atoms with Crippen molar-refractivity contribution in [3.8, 4) is 0 Å². The summed E-state index contributed by atoms with van der Waals surface area (Å²) in [5.41, 5.74) is 3.87. The molecule has 2 aromatic carbocycles. The van der Waals surface area contributed by atoms with Crippen LogP contribution in [0.15, 0.2) is 46.2 Å². The van der Waals surface area contributed by atoms with E-state index in [1.54, 1.807) is 0 Å². The summed E-state index contributed by atoms with van der Waals surface area (Å²) in [5, 5.41) is 4.26. The van der Waals surface area contributed by atoms with Crippen LogP contribution in [0.4, 0.5) is 0 Å². The zero-order chi connectivity index (χ0) is 15.2. The summed E-state index contributed by atoms with van der Waals surface area (Å²) in [7, 11) is 0. The van der Waals surface area contributed by atoms with E-state index >= 15 is 0 Å². The van der Waals surface area contributed by atoms with Crippen LogP contribution in [-0.4, -0.2) is 6.54 Å². The largest absolute Gasteiger partial charge is 0.313 e. The smallest absolute Gasteiger partial charge is 0.0410 e. The van der Waals surface area contributed by atoms with Crippen LogP contribution < -0.4 is 5.32 Å². The van der Waals surface area contributed by atoms with Gasteiger partial charge < -0.3 is 5.32 Å². The molecule has 1 N–H and O–H groups in total. The lowest BCUT2D eigenvalue weighted by Crippen LogP contribution is -2.14. The third kappa shape index (κ3) is 4.77. The molecule has 0 aliphatic carbocycles. The minimum atomic E-state index is 0.800. The van der Waals surface area contributed by atoms with Gasteiger partial charge in [-0.15, -0.1) is 0 Å². The molecule has 0 aliphatic heterocycles. The van der Waals surface area contributed by atoms with Crippen LogP contribution in [0.2, 0.25) is 5.02 Å². The Morgan fingerprint density at radius 1 is 1.05 bits per heavy atom. The van der Waals surface area contributed by atoms with Crippen molar-refractivity contribution in [1.82, 2.24) is 5.32 Å². The first kappa shape index (κ1) is 16.4. The molecule has 0 atom stereocenters. The highest BCUT2D eigenvalue weighted by Crippen LogP contribution is 2.34. The summed E-state index contributed by atoms with van der Waals surface area (Å²) >= 11 is 7.98. The molecular formula is C18H22ClNS. The van der Waals surface area contributed by atoms with E-state index in [9.17, 15) is 0 Å². The molecule has 0 saturated heterocycles. The molecule has 112 valence electrons. The van der Waals surface area contributed by atoms with E-state index in [4.69, 9.17) is 11.6 Å². The van der Waals surface area contributed by atoms with Crippen molar-refractivity contribution in [1.29, 1.82) is 0 Å². The normalized spacial score (nSPS) is 10.9. The number of nitrogens with one attached hydrogen (secondary N) is 1. The predicted octanol–water partition coefficient (Wildman–Crippen LogP) is 5.61. The maximum atomic E-state index is 6.15. The Balaban J connectivity index is 2.24. The van der Waals surface area contributed by atoms with E-state index in [0.29, 0.717) is 0 Å². The Bertz CT molecular complexity index is 610. The van der Waals surface area contributed by atoms with E-state index in [2.05, 4.69) is 56.4 Å². The fraction of sp³-hybridized carbons (Fsp3) is 0.333. The molecule has 0 heterocycles. The van der Waals surface area contributed by atoms with Crippen molar-refractivity contribution in [2.75, 3.05) is 6.54 Å². The number of hydrogen-bond acceptors (Lipinski definition) is 2. The molecule has 2 aromatic rings. The zero-order valence-corrected chi connectivity index (χ0v) is 14.4. The van der Waals surface area contributed by atoms with Crippen LogP contribution in [0.5, 0.6) is 0 Å². The van der Waals surface area contributed by atoms with Crippen molar-refractivity contribution in [2.45, 2.75) is 43.5 Å².